The van der Waals surface area contributed by atoms with Crippen LogP contribution in [-0.2, 0) is 19.1 Å². The fourth-order valence-electron chi connectivity index (χ4n) is 4.24. The highest BCUT2D eigenvalue weighted by atomic mass is 16.5. The predicted molar refractivity (Wildman–Crippen MR) is 135 cm³/mol. The van der Waals surface area contributed by atoms with Crippen molar-refractivity contribution in [3.05, 3.63) is 0 Å². The number of carbonyl (C=O) groups is 2. The molecule has 0 rings (SSSR count). The van der Waals surface area contributed by atoms with Crippen molar-refractivity contribution in [2.24, 2.45) is 5.41 Å². The molecular weight excluding hydrogens is 400 g/mol. The molecule has 0 spiro atoms. The van der Waals surface area contributed by atoms with Gasteiger partial charge >= 0.3 is 11.9 Å². The molecule has 0 fully saturated rings. The lowest BCUT2D eigenvalue weighted by Gasteiger charge is -2.29. The third-order valence-electron chi connectivity index (χ3n) is 6.81. The lowest BCUT2D eigenvalue weighted by molar-refractivity contribution is -0.157. The normalized spacial score (nSPS) is 11.5. The molecule has 0 bridgehead atoms. The molecule has 0 saturated heterocycles. The van der Waals surface area contributed by atoms with Crippen LogP contribution in [0.25, 0.3) is 0 Å². The molecule has 0 aromatic carbocycles. The summed E-state index contributed by atoms with van der Waals surface area (Å²) >= 11 is 0. The van der Waals surface area contributed by atoms with Gasteiger partial charge in [-0.2, -0.15) is 0 Å². The van der Waals surface area contributed by atoms with E-state index in [-0.39, 0.29) is 17.4 Å². The van der Waals surface area contributed by atoms with Gasteiger partial charge in [0.2, 0.25) is 0 Å². The van der Waals surface area contributed by atoms with Gasteiger partial charge in [0.05, 0.1) is 18.6 Å². The Bertz CT molecular complexity index is 443. The van der Waals surface area contributed by atoms with Gasteiger partial charge in [-0.1, -0.05) is 105 Å². The number of unbranched alkanes of at least 4 members (excludes halogenated alkanes) is 12. The molecular formula is C28H54O4. The van der Waals surface area contributed by atoms with E-state index in [4.69, 9.17) is 9.47 Å². The molecule has 32 heavy (non-hydrogen) atoms. The average Bonchev–Trinajstić information content (AvgIpc) is 2.80. The number of rotatable bonds is 23. The molecule has 190 valence electrons. The van der Waals surface area contributed by atoms with Crippen molar-refractivity contribution in [1.82, 2.24) is 0 Å². The second kappa shape index (κ2) is 21.8. The van der Waals surface area contributed by atoms with Crippen molar-refractivity contribution in [2.45, 2.75) is 150 Å². The quantitative estimate of drug-likeness (QED) is 0.115. The highest BCUT2D eigenvalue weighted by Gasteiger charge is 2.35. The molecule has 0 amide bonds. The molecule has 0 saturated carbocycles. The highest BCUT2D eigenvalue weighted by molar-refractivity contribution is 5.76. The smallest absolute Gasteiger partial charge is 0.312 e. The second-order valence-electron chi connectivity index (χ2n) is 9.44. The third-order valence-corrected chi connectivity index (χ3v) is 6.81. The molecule has 0 heterocycles. The maximum absolute atomic E-state index is 12.7. The minimum atomic E-state index is -0.290. The van der Waals surface area contributed by atoms with Gasteiger partial charge in [-0.15, -0.1) is 0 Å². The van der Waals surface area contributed by atoms with Gasteiger partial charge in [0, 0.05) is 6.42 Å². The van der Waals surface area contributed by atoms with E-state index in [1.54, 1.807) is 0 Å². The van der Waals surface area contributed by atoms with E-state index in [2.05, 4.69) is 27.7 Å². The Morgan fingerprint density at radius 3 is 1.56 bits per heavy atom. The molecule has 0 radical (unpaired) electrons. The second-order valence-corrected chi connectivity index (χ2v) is 9.44. The molecule has 0 aliphatic carbocycles. The lowest BCUT2D eigenvalue weighted by atomic mass is 9.77. The number of hydrogen-bond acceptors (Lipinski definition) is 4. The molecule has 0 aromatic heterocycles. The first-order valence-corrected chi connectivity index (χ1v) is 13.9. The van der Waals surface area contributed by atoms with E-state index in [0.29, 0.717) is 19.6 Å². The summed E-state index contributed by atoms with van der Waals surface area (Å²) in [6.45, 7) is 9.78. The first-order valence-electron chi connectivity index (χ1n) is 13.9. The van der Waals surface area contributed by atoms with Crippen LogP contribution < -0.4 is 0 Å². The number of esters is 2. The fraction of sp³-hybridized carbons (Fsp3) is 0.929. The van der Waals surface area contributed by atoms with Crippen molar-refractivity contribution in [3.8, 4) is 0 Å². The molecule has 0 aliphatic rings. The van der Waals surface area contributed by atoms with Crippen LogP contribution in [0.15, 0.2) is 0 Å². The topological polar surface area (TPSA) is 52.6 Å². The predicted octanol–water partition coefficient (Wildman–Crippen LogP) is 8.55. The summed E-state index contributed by atoms with van der Waals surface area (Å²) in [6, 6.07) is 0. The number of hydrogen-bond donors (Lipinski definition) is 0. The van der Waals surface area contributed by atoms with Crippen molar-refractivity contribution >= 4 is 11.9 Å². The standard InChI is InChI=1S/C28H54O4/c1-5-9-11-20-24-31-26(29)22-18-16-14-13-15-17-19-23-28(7-3,8-4)27(30)32-25-21-12-10-6-2/h5-25H2,1-4H3. The van der Waals surface area contributed by atoms with Crippen LogP contribution >= 0.6 is 0 Å². The van der Waals surface area contributed by atoms with E-state index in [0.717, 1.165) is 64.2 Å². The van der Waals surface area contributed by atoms with Gasteiger partial charge in [0.1, 0.15) is 0 Å². The van der Waals surface area contributed by atoms with E-state index < -0.39 is 0 Å². The van der Waals surface area contributed by atoms with Gasteiger partial charge in [-0.25, -0.2) is 0 Å². The third kappa shape index (κ3) is 15.7. The van der Waals surface area contributed by atoms with Crippen LogP contribution in [0.4, 0.5) is 0 Å². The Labute approximate surface area is 199 Å². The first-order chi connectivity index (χ1) is 15.6. The summed E-state index contributed by atoms with van der Waals surface area (Å²) in [5.74, 6) is -0.00883. The van der Waals surface area contributed by atoms with Crippen LogP contribution in [0.1, 0.15) is 150 Å². The van der Waals surface area contributed by atoms with Gasteiger partial charge in [-0.3, -0.25) is 9.59 Å². The Hall–Kier alpha value is -1.06. The molecule has 0 N–H and O–H groups in total. The minimum Gasteiger partial charge on any atom is -0.466 e. The SMILES string of the molecule is CCCCCCOC(=O)CCCCCCCCCC(CC)(CC)C(=O)OCCCCCC. The maximum atomic E-state index is 12.7. The Morgan fingerprint density at radius 2 is 1.03 bits per heavy atom. The Morgan fingerprint density at radius 1 is 0.562 bits per heavy atom. The van der Waals surface area contributed by atoms with Crippen LogP contribution in [0.3, 0.4) is 0 Å². The molecule has 0 aromatic rings. The van der Waals surface area contributed by atoms with Crippen molar-refractivity contribution in [1.29, 1.82) is 0 Å². The first kappa shape index (κ1) is 30.9. The average molecular weight is 455 g/mol. The van der Waals surface area contributed by atoms with Crippen molar-refractivity contribution in [2.75, 3.05) is 13.2 Å². The van der Waals surface area contributed by atoms with Gasteiger partial charge < -0.3 is 9.47 Å². The largest absolute Gasteiger partial charge is 0.466 e. The van der Waals surface area contributed by atoms with Crippen LogP contribution in [0.5, 0.6) is 0 Å². The molecule has 4 nitrogen and oxygen atoms in total. The Balaban J connectivity index is 3.79. The van der Waals surface area contributed by atoms with Crippen molar-refractivity contribution < 1.29 is 19.1 Å². The summed E-state index contributed by atoms with van der Waals surface area (Å²) in [5, 5.41) is 0. The van der Waals surface area contributed by atoms with E-state index in [1.165, 1.54) is 51.4 Å². The summed E-state index contributed by atoms with van der Waals surface area (Å²) in [7, 11) is 0. The number of carbonyl (C=O) groups excluding carboxylic acids is 2. The zero-order chi connectivity index (χ0) is 23.9. The van der Waals surface area contributed by atoms with E-state index in [1.807, 2.05) is 0 Å². The Kier molecular flexibility index (Phi) is 21.0. The van der Waals surface area contributed by atoms with E-state index >= 15 is 0 Å². The zero-order valence-corrected chi connectivity index (χ0v) is 22.0. The van der Waals surface area contributed by atoms with Gasteiger partial charge in [0.25, 0.3) is 0 Å². The van der Waals surface area contributed by atoms with Crippen LogP contribution in [0, 0.1) is 5.41 Å². The fourth-order valence-corrected chi connectivity index (χ4v) is 4.24. The summed E-state index contributed by atoms with van der Waals surface area (Å²) in [5.41, 5.74) is -0.290. The van der Waals surface area contributed by atoms with Crippen LogP contribution in [0.2, 0.25) is 0 Å². The maximum Gasteiger partial charge on any atom is 0.312 e. The van der Waals surface area contributed by atoms with Gasteiger partial charge in [-0.05, 0) is 38.5 Å². The van der Waals surface area contributed by atoms with Crippen LogP contribution in [-0.4, -0.2) is 25.2 Å². The lowest BCUT2D eigenvalue weighted by Crippen LogP contribution is -2.32. The highest BCUT2D eigenvalue weighted by Crippen LogP contribution is 2.34. The van der Waals surface area contributed by atoms with E-state index in [9.17, 15) is 9.59 Å². The summed E-state index contributed by atoms with van der Waals surface area (Å²) in [4.78, 5) is 24.4. The summed E-state index contributed by atoms with van der Waals surface area (Å²) < 4.78 is 10.9. The monoisotopic (exact) mass is 454 g/mol. The minimum absolute atomic E-state index is 0.0243. The van der Waals surface area contributed by atoms with Gasteiger partial charge in [0.15, 0.2) is 0 Å². The molecule has 0 unspecified atom stereocenters. The number of ether oxygens (including phenoxy) is 2. The molecule has 0 atom stereocenters. The summed E-state index contributed by atoms with van der Waals surface area (Å²) in [6.07, 6.45) is 20.3. The zero-order valence-electron chi connectivity index (χ0n) is 22.0. The van der Waals surface area contributed by atoms with Crippen molar-refractivity contribution in [3.63, 3.8) is 0 Å². The molecule has 4 heteroatoms. The molecule has 0 aliphatic heterocycles.